The maximum Gasteiger partial charge on any atom is 0.123 e. The normalized spacial score (nSPS) is 12.4. The highest BCUT2D eigenvalue weighted by molar-refractivity contribution is 5.31. The van der Waals surface area contributed by atoms with Crippen molar-refractivity contribution >= 4 is 0 Å². The van der Waals surface area contributed by atoms with Crippen molar-refractivity contribution in [2.24, 2.45) is 5.73 Å². The number of halogens is 1. The molecule has 1 unspecified atom stereocenters. The first-order valence-electron chi connectivity index (χ1n) is 5.16. The number of aromatic nitrogens is 1. The smallest absolute Gasteiger partial charge is 0.123 e. The second-order valence-electron chi connectivity index (χ2n) is 3.62. The van der Waals surface area contributed by atoms with Gasteiger partial charge in [-0.25, -0.2) is 4.39 Å². The lowest BCUT2D eigenvalue weighted by Crippen LogP contribution is -2.13. The number of hydrogen-bond acceptors (Lipinski definition) is 2. The van der Waals surface area contributed by atoms with E-state index in [0.29, 0.717) is 6.54 Å². The van der Waals surface area contributed by atoms with E-state index in [1.54, 1.807) is 24.5 Å². The van der Waals surface area contributed by atoms with Gasteiger partial charge >= 0.3 is 0 Å². The SMILES string of the molecule is NCC(c1ccncc1)c1ccc(F)cc1. The van der Waals surface area contributed by atoms with Gasteiger partial charge in [0.05, 0.1) is 0 Å². The molecular formula is C13H13FN2. The number of hydrogen-bond donors (Lipinski definition) is 1. The third kappa shape index (κ3) is 2.25. The molecular weight excluding hydrogens is 203 g/mol. The van der Waals surface area contributed by atoms with Crippen molar-refractivity contribution in [1.29, 1.82) is 0 Å². The topological polar surface area (TPSA) is 38.9 Å². The lowest BCUT2D eigenvalue weighted by atomic mass is 9.92. The Balaban J connectivity index is 2.33. The molecule has 1 aromatic heterocycles. The maximum atomic E-state index is 12.8. The van der Waals surface area contributed by atoms with Crippen LogP contribution in [-0.2, 0) is 0 Å². The van der Waals surface area contributed by atoms with Crippen LogP contribution in [0.4, 0.5) is 4.39 Å². The molecule has 1 heterocycles. The number of nitrogens with two attached hydrogens (primary N) is 1. The van der Waals surface area contributed by atoms with Crippen LogP contribution in [0.2, 0.25) is 0 Å². The summed E-state index contributed by atoms with van der Waals surface area (Å²) < 4.78 is 12.8. The van der Waals surface area contributed by atoms with Crippen molar-refractivity contribution in [2.75, 3.05) is 6.54 Å². The molecule has 2 aromatic rings. The molecule has 0 bridgehead atoms. The van der Waals surface area contributed by atoms with Crippen molar-refractivity contribution in [3.8, 4) is 0 Å². The molecule has 1 aromatic carbocycles. The average molecular weight is 216 g/mol. The summed E-state index contributed by atoms with van der Waals surface area (Å²) in [5.74, 6) is -0.127. The third-order valence-corrected chi connectivity index (χ3v) is 2.62. The van der Waals surface area contributed by atoms with Crippen molar-refractivity contribution in [2.45, 2.75) is 5.92 Å². The van der Waals surface area contributed by atoms with Crippen LogP contribution in [0.25, 0.3) is 0 Å². The van der Waals surface area contributed by atoms with Gasteiger partial charge in [0.15, 0.2) is 0 Å². The highest BCUT2D eigenvalue weighted by Crippen LogP contribution is 2.22. The molecule has 0 fully saturated rings. The molecule has 2 rings (SSSR count). The summed E-state index contributed by atoms with van der Waals surface area (Å²) in [6, 6.07) is 10.3. The fourth-order valence-electron chi connectivity index (χ4n) is 1.76. The minimum absolute atomic E-state index is 0.101. The van der Waals surface area contributed by atoms with E-state index >= 15 is 0 Å². The van der Waals surface area contributed by atoms with Crippen molar-refractivity contribution in [1.82, 2.24) is 4.98 Å². The molecule has 1 atom stereocenters. The largest absolute Gasteiger partial charge is 0.330 e. The van der Waals surface area contributed by atoms with Gasteiger partial charge in [0, 0.05) is 24.9 Å². The fraction of sp³-hybridized carbons (Fsp3) is 0.154. The predicted molar refractivity (Wildman–Crippen MR) is 61.5 cm³/mol. The van der Waals surface area contributed by atoms with Gasteiger partial charge in [-0.3, -0.25) is 4.98 Å². The summed E-state index contributed by atoms with van der Waals surface area (Å²) in [6.07, 6.45) is 3.48. The molecule has 0 radical (unpaired) electrons. The van der Waals surface area contributed by atoms with Crippen molar-refractivity contribution in [3.05, 3.63) is 65.7 Å². The first kappa shape index (κ1) is 10.8. The quantitative estimate of drug-likeness (QED) is 0.855. The molecule has 2 N–H and O–H groups in total. The van der Waals surface area contributed by atoms with Crippen LogP contribution in [0.5, 0.6) is 0 Å². The molecule has 16 heavy (non-hydrogen) atoms. The van der Waals surface area contributed by atoms with Crippen molar-refractivity contribution < 1.29 is 4.39 Å². The van der Waals surface area contributed by atoms with Crippen LogP contribution >= 0.6 is 0 Å². The summed E-state index contributed by atoms with van der Waals surface area (Å²) >= 11 is 0. The standard InChI is InChI=1S/C13H13FN2/c14-12-3-1-10(2-4-12)13(9-15)11-5-7-16-8-6-11/h1-8,13H,9,15H2. The monoisotopic (exact) mass is 216 g/mol. The van der Waals surface area contributed by atoms with E-state index in [0.717, 1.165) is 11.1 Å². The van der Waals surface area contributed by atoms with E-state index in [9.17, 15) is 4.39 Å². The van der Waals surface area contributed by atoms with E-state index in [1.165, 1.54) is 12.1 Å². The van der Waals surface area contributed by atoms with Gasteiger partial charge in [-0.15, -0.1) is 0 Å². The van der Waals surface area contributed by atoms with Crippen molar-refractivity contribution in [3.63, 3.8) is 0 Å². The summed E-state index contributed by atoms with van der Waals surface area (Å²) in [5, 5.41) is 0. The van der Waals surface area contributed by atoms with Crippen LogP contribution in [0.15, 0.2) is 48.8 Å². The Bertz CT molecular complexity index is 439. The number of nitrogens with zero attached hydrogens (tertiary/aromatic N) is 1. The molecule has 0 saturated heterocycles. The minimum atomic E-state index is -0.228. The van der Waals surface area contributed by atoms with Gasteiger partial charge in [0.2, 0.25) is 0 Å². The van der Waals surface area contributed by atoms with Gasteiger partial charge < -0.3 is 5.73 Å². The molecule has 0 spiro atoms. The molecule has 2 nitrogen and oxygen atoms in total. The van der Waals surface area contributed by atoms with Crippen LogP contribution in [0.3, 0.4) is 0 Å². The number of pyridine rings is 1. The van der Waals surface area contributed by atoms with Gasteiger partial charge in [0.25, 0.3) is 0 Å². The van der Waals surface area contributed by atoms with Crippen LogP contribution in [0.1, 0.15) is 17.0 Å². The van der Waals surface area contributed by atoms with E-state index in [2.05, 4.69) is 4.98 Å². The highest BCUT2D eigenvalue weighted by atomic mass is 19.1. The lowest BCUT2D eigenvalue weighted by molar-refractivity contribution is 0.626. The Kier molecular flexibility index (Phi) is 3.27. The molecule has 0 aliphatic carbocycles. The Hall–Kier alpha value is -1.74. The maximum absolute atomic E-state index is 12.8. The molecule has 0 aliphatic heterocycles. The lowest BCUT2D eigenvalue weighted by Gasteiger charge is -2.15. The second-order valence-corrected chi connectivity index (χ2v) is 3.62. The van der Waals surface area contributed by atoms with Crippen LogP contribution in [-0.4, -0.2) is 11.5 Å². The molecule has 0 amide bonds. The van der Waals surface area contributed by atoms with E-state index < -0.39 is 0 Å². The minimum Gasteiger partial charge on any atom is -0.330 e. The first-order chi connectivity index (χ1) is 7.81. The zero-order chi connectivity index (χ0) is 11.4. The number of rotatable bonds is 3. The highest BCUT2D eigenvalue weighted by Gasteiger charge is 2.11. The van der Waals surface area contributed by atoms with Gasteiger partial charge in [-0.2, -0.15) is 0 Å². The average Bonchev–Trinajstić information content (AvgIpc) is 2.34. The van der Waals surface area contributed by atoms with E-state index in [-0.39, 0.29) is 11.7 Å². The Morgan fingerprint density at radius 1 is 1.00 bits per heavy atom. The molecule has 0 saturated carbocycles. The van der Waals surface area contributed by atoms with Gasteiger partial charge in [0.1, 0.15) is 5.82 Å². The van der Waals surface area contributed by atoms with E-state index in [1.807, 2.05) is 12.1 Å². The van der Waals surface area contributed by atoms with Crippen LogP contribution in [0, 0.1) is 5.82 Å². The van der Waals surface area contributed by atoms with Gasteiger partial charge in [-0.1, -0.05) is 12.1 Å². The van der Waals surface area contributed by atoms with Crippen LogP contribution < -0.4 is 5.73 Å². The number of benzene rings is 1. The molecule has 3 heteroatoms. The molecule has 0 aliphatic rings. The third-order valence-electron chi connectivity index (χ3n) is 2.62. The predicted octanol–water partition coefficient (Wildman–Crippen LogP) is 2.31. The fourth-order valence-corrected chi connectivity index (χ4v) is 1.76. The summed E-state index contributed by atoms with van der Waals surface area (Å²) in [4.78, 5) is 3.97. The Labute approximate surface area is 93.9 Å². The summed E-state index contributed by atoms with van der Waals surface area (Å²) in [7, 11) is 0. The summed E-state index contributed by atoms with van der Waals surface area (Å²) in [6.45, 7) is 0.496. The Morgan fingerprint density at radius 2 is 1.56 bits per heavy atom. The second kappa shape index (κ2) is 4.86. The summed E-state index contributed by atoms with van der Waals surface area (Å²) in [5.41, 5.74) is 7.88. The molecule has 82 valence electrons. The van der Waals surface area contributed by atoms with E-state index in [4.69, 9.17) is 5.73 Å². The zero-order valence-electron chi connectivity index (χ0n) is 8.81. The Morgan fingerprint density at radius 3 is 2.12 bits per heavy atom. The van der Waals surface area contributed by atoms with Gasteiger partial charge in [-0.05, 0) is 35.4 Å². The zero-order valence-corrected chi connectivity index (χ0v) is 8.81. The first-order valence-corrected chi connectivity index (χ1v) is 5.16.